The second kappa shape index (κ2) is 11.2. The Labute approximate surface area is 215 Å². The van der Waals surface area contributed by atoms with Gasteiger partial charge in [0.15, 0.2) is 5.17 Å². The lowest BCUT2D eigenvalue weighted by atomic mass is 9.93. The highest BCUT2D eigenvalue weighted by molar-refractivity contribution is 8.16. The normalized spacial score (nSPS) is 19.9. The van der Waals surface area contributed by atoms with Crippen molar-refractivity contribution in [2.24, 2.45) is 10.9 Å². The number of amidine groups is 1. The van der Waals surface area contributed by atoms with Crippen LogP contribution in [0.2, 0.25) is 0 Å². The van der Waals surface area contributed by atoms with E-state index in [1.807, 2.05) is 34.6 Å². The average Bonchev–Trinajstić information content (AvgIpc) is 3.29. The van der Waals surface area contributed by atoms with Crippen molar-refractivity contribution in [2.45, 2.75) is 39.2 Å². The van der Waals surface area contributed by atoms with Crippen LogP contribution in [-0.2, 0) is 23.9 Å². The number of hydrogen-bond donors (Lipinski definition) is 0. The van der Waals surface area contributed by atoms with Gasteiger partial charge >= 0.3 is 11.9 Å². The number of piperidine rings is 1. The van der Waals surface area contributed by atoms with E-state index in [1.165, 1.54) is 18.9 Å². The van der Waals surface area contributed by atoms with Gasteiger partial charge in [0.2, 0.25) is 5.91 Å². The standard InChI is InChI=1S/C26H31N3O6S/c1-5-35-24(31)18-10-12-28(13-11-18)21(30)14-19-15-36-26-27-16(2)22(25(32)34-4)23(29(19)26)17-6-8-20(33-3)9-7-17/h6-9,15,18,23H,5,10-14H2,1-4H3/t23-/m1/s1. The largest absolute Gasteiger partial charge is 0.497 e. The number of thioether (sulfide) groups is 1. The highest BCUT2D eigenvalue weighted by atomic mass is 32.2. The summed E-state index contributed by atoms with van der Waals surface area (Å²) in [7, 11) is 2.95. The van der Waals surface area contributed by atoms with Crippen LogP contribution in [-0.4, -0.2) is 66.7 Å². The van der Waals surface area contributed by atoms with Crippen LogP contribution in [0.25, 0.3) is 0 Å². The molecule has 36 heavy (non-hydrogen) atoms. The van der Waals surface area contributed by atoms with E-state index < -0.39 is 12.0 Å². The maximum Gasteiger partial charge on any atom is 0.338 e. The van der Waals surface area contributed by atoms with Gasteiger partial charge in [-0.1, -0.05) is 23.9 Å². The predicted molar refractivity (Wildman–Crippen MR) is 136 cm³/mol. The number of likely N-dealkylation sites (tertiary alicyclic amines) is 1. The maximum atomic E-state index is 13.3. The van der Waals surface area contributed by atoms with Crippen molar-refractivity contribution in [2.75, 3.05) is 33.9 Å². The number of fused-ring (bicyclic) bond motifs is 1. The number of nitrogens with zero attached hydrogens (tertiary/aromatic N) is 3. The fourth-order valence-corrected chi connectivity index (χ4v) is 5.70. The predicted octanol–water partition coefficient (Wildman–Crippen LogP) is 3.63. The molecule has 3 aliphatic heterocycles. The van der Waals surface area contributed by atoms with E-state index in [1.54, 1.807) is 25.9 Å². The van der Waals surface area contributed by atoms with E-state index in [0.29, 0.717) is 54.7 Å². The van der Waals surface area contributed by atoms with Crippen molar-refractivity contribution in [3.8, 4) is 5.75 Å². The first-order valence-corrected chi connectivity index (χ1v) is 12.9. The molecular weight excluding hydrogens is 482 g/mol. The maximum absolute atomic E-state index is 13.3. The first-order valence-electron chi connectivity index (χ1n) is 12.0. The second-order valence-electron chi connectivity index (χ2n) is 8.74. The molecule has 1 amide bonds. The monoisotopic (exact) mass is 513 g/mol. The molecule has 0 N–H and O–H groups in total. The molecule has 1 fully saturated rings. The summed E-state index contributed by atoms with van der Waals surface area (Å²) in [6, 6.07) is 7.02. The van der Waals surface area contributed by atoms with Gasteiger partial charge in [-0.15, -0.1) is 0 Å². The molecule has 0 saturated carbocycles. The van der Waals surface area contributed by atoms with Gasteiger partial charge in [-0.05, 0) is 49.8 Å². The number of benzene rings is 1. The van der Waals surface area contributed by atoms with Crippen LogP contribution in [0.5, 0.6) is 5.75 Å². The zero-order valence-electron chi connectivity index (χ0n) is 21.0. The number of aliphatic imine (C=N–C) groups is 1. The number of amides is 1. The van der Waals surface area contributed by atoms with Crippen LogP contribution >= 0.6 is 11.8 Å². The zero-order chi connectivity index (χ0) is 25.8. The third-order valence-electron chi connectivity index (χ3n) is 6.64. The fraction of sp³-hybridized carbons (Fsp3) is 0.462. The average molecular weight is 514 g/mol. The van der Waals surface area contributed by atoms with Gasteiger partial charge in [-0.25, -0.2) is 9.79 Å². The molecule has 192 valence electrons. The number of hydrogen-bond acceptors (Lipinski definition) is 9. The van der Waals surface area contributed by atoms with Crippen LogP contribution in [0.3, 0.4) is 0 Å². The Morgan fingerprint density at radius 2 is 1.81 bits per heavy atom. The smallest absolute Gasteiger partial charge is 0.338 e. The molecule has 1 aromatic carbocycles. The summed E-state index contributed by atoms with van der Waals surface area (Å²) in [5.41, 5.74) is 2.65. The lowest BCUT2D eigenvalue weighted by molar-refractivity contribution is -0.151. The number of rotatable bonds is 7. The van der Waals surface area contributed by atoms with Crippen LogP contribution < -0.4 is 4.74 Å². The molecule has 4 rings (SSSR count). The lowest BCUT2D eigenvalue weighted by Crippen LogP contribution is -2.42. The van der Waals surface area contributed by atoms with Crippen LogP contribution in [0, 0.1) is 5.92 Å². The minimum atomic E-state index is -0.487. The van der Waals surface area contributed by atoms with E-state index in [2.05, 4.69) is 4.99 Å². The molecule has 1 atom stereocenters. The SMILES string of the molecule is CCOC(=O)C1CCN(C(=O)CC2=CSC3=NC(C)=C(C(=O)OC)[C@@H](c4ccc(OC)cc4)N23)CC1. The van der Waals surface area contributed by atoms with Gasteiger partial charge < -0.3 is 24.0 Å². The van der Waals surface area contributed by atoms with Gasteiger partial charge in [-0.3, -0.25) is 9.59 Å². The number of allylic oxidation sites excluding steroid dienone is 1. The first-order chi connectivity index (χ1) is 17.4. The molecule has 0 spiro atoms. The Balaban J connectivity index is 1.55. The quantitative estimate of drug-likeness (QED) is 0.510. The van der Waals surface area contributed by atoms with Gasteiger partial charge in [-0.2, -0.15) is 0 Å². The summed E-state index contributed by atoms with van der Waals surface area (Å²) in [5, 5.41) is 2.64. The number of carbonyl (C=O) groups is 3. The third-order valence-corrected chi connectivity index (χ3v) is 7.53. The third kappa shape index (κ3) is 5.13. The van der Waals surface area contributed by atoms with E-state index >= 15 is 0 Å². The van der Waals surface area contributed by atoms with E-state index in [-0.39, 0.29) is 24.2 Å². The molecule has 3 heterocycles. The number of ether oxygens (including phenoxy) is 3. The fourth-order valence-electron chi connectivity index (χ4n) is 4.73. The summed E-state index contributed by atoms with van der Waals surface area (Å²) in [6.07, 6.45) is 1.35. The molecule has 0 aromatic heterocycles. The molecule has 3 aliphatic rings. The van der Waals surface area contributed by atoms with E-state index in [0.717, 1.165) is 11.3 Å². The Hall–Kier alpha value is -3.27. The van der Waals surface area contributed by atoms with Crippen molar-refractivity contribution in [3.05, 3.63) is 52.2 Å². The van der Waals surface area contributed by atoms with Gasteiger partial charge in [0, 0.05) is 18.8 Å². The van der Waals surface area contributed by atoms with Crippen molar-refractivity contribution < 1.29 is 28.6 Å². The lowest BCUT2D eigenvalue weighted by Gasteiger charge is -2.37. The minimum Gasteiger partial charge on any atom is -0.497 e. The Bertz CT molecular complexity index is 1120. The van der Waals surface area contributed by atoms with E-state index in [9.17, 15) is 14.4 Å². The molecule has 9 nitrogen and oxygen atoms in total. The number of carbonyl (C=O) groups excluding carboxylic acids is 3. The topological polar surface area (TPSA) is 97.7 Å². The molecule has 0 aliphatic carbocycles. The molecule has 0 bridgehead atoms. The highest BCUT2D eigenvalue weighted by Gasteiger charge is 2.41. The van der Waals surface area contributed by atoms with Crippen molar-refractivity contribution in [1.29, 1.82) is 0 Å². The van der Waals surface area contributed by atoms with Crippen LogP contribution in [0.15, 0.2) is 51.6 Å². The minimum absolute atomic E-state index is 0.0233. The zero-order valence-corrected chi connectivity index (χ0v) is 21.8. The Morgan fingerprint density at radius 1 is 1.11 bits per heavy atom. The van der Waals surface area contributed by atoms with Crippen LogP contribution in [0.4, 0.5) is 0 Å². The molecule has 0 radical (unpaired) electrons. The number of esters is 2. The second-order valence-corrected chi connectivity index (χ2v) is 9.58. The van der Waals surface area contributed by atoms with Crippen molar-refractivity contribution in [3.63, 3.8) is 0 Å². The van der Waals surface area contributed by atoms with Gasteiger partial charge in [0.1, 0.15) is 5.75 Å². The molecule has 0 unspecified atom stereocenters. The molecule has 1 saturated heterocycles. The Morgan fingerprint density at radius 3 is 2.42 bits per heavy atom. The van der Waals surface area contributed by atoms with Crippen molar-refractivity contribution >= 4 is 34.8 Å². The van der Waals surface area contributed by atoms with Gasteiger partial charge in [0.05, 0.1) is 50.5 Å². The van der Waals surface area contributed by atoms with Gasteiger partial charge in [0.25, 0.3) is 0 Å². The summed E-state index contributed by atoms with van der Waals surface area (Å²) in [5.74, 6) is -0.124. The summed E-state index contributed by atoms with van der Waals surface area (Å²) in [6.45, 7) is 4.98. The van der Waals surface area contributed by atoms with E-state index in [4.69, 9.17) is 14.2 Å². The summed E-state index contributed by atoms with van der Waals surface area (Å²) >= 11 is 1.43. The highest BCUT2D eigenvalue weighted by Crippen LogP contribution is 2.45. The molecule has 1 aromatic rings. The van der Waals surface area contributed by atoms with Crippen molar-refractivity contribution in [1.82, 2.24) is 9.80 Å². The Kier molecular flexibility index (Phi) is 8.03. The molecular formula is C26H31N3O6S. The first kappa shape index (κ1) is 25.8. The number of methoxy groups -OCH3 is 2. The molecule has 10 heteroatoms. The van der Waals surface area contributed by atoms with Crippen LogP contribution in [0.1, 0.15) is 44.7 Å². The summed E-state index contributed by atoms with van der Waals surface area (Å²) in [4.78, 5) is 46.6. The summed E-state index contributed by atoms with van der Waals surface area (Å²) < 4.78 is 15.5.